The van der Waals surface area contributed by atoms with Crippen molar-refractivity contribution in [2.45, 2.75) is 76.3 Å². The van der Waals surface area contributed by atoms with Crippen LogP contribution in [0, 0.1) is 13.8 Å². The highest BCUT2D eigenvalue weighted by Crippen LogP contribution is 2.29. The third-order valence-electron chi connectivity index (χ3n) is 7.89. The van der Waals surface area contributed by atoms with Crippen LogP contribution in [0.2, 0.25) is 5.02 Å². The number of rotatable bonds is 12. The molecule has 0 heterocycles. The Morgan fingerprint density at radius 3 is 2.26 bits per heavy atom. The number of benzene rings is 3. The van der Waals surface area contributed by atoms with Crippen molar-refractivity contribution < 1.29 is 18.0 Å². The fourth-order valence-electron chi connectivity index (χ4n) is 5.51. The Kier molecular flexibility index (Phi) is 10.7. The summed E-state index contributed by atoms with van der Waals surface area (Å²) >= 11 is 6.20. The Hall–Kier alpha value is -3.36. The van der Waals surface area contributed by atoms with Crippen molar-refractivity contribution in [3.05, 3.63) is 94.5 Å². The van der Waals surface area contributed by atoms with Gasteiger partial charge in [0.05, 0.1) is 10.6 Å². The first-order valence-electron chi connectivity index (χ1n) is 14.6. The lowest BCUT2D eigenvalue weighted by atomic mass is 10.1. The maximum absolute atomic E-state index is 14.2. The van der Waals surface area contributed by atoms with E-state index in [1.54, 1.807) is 54.3 Å². The molecule has 224 valence electrons. The molecule has 3 aromatic carbocycles. The predicted octanol–water partition coefficient (Wildman–Crippen LogP) is 6.06. The van der Waals surface area contributed by atoms with E-state index >= 15 is 0 Å². The van der Waals surface area contributed by atoms with E-state index in [2.05, 4.69) is 5.32 Å². The molecule has 1 fully saturated rings. The minimum absolute atomic E-state index is 0.0807. The summed E-state index contributed by atoms with van der Waals surface area (Å²) in [5.74, 6) is -0.634. The third-order valence-corrected chi connectivity index (χ3v) is 9.90. The van der Waals surface area contributed by atoms with Crippen LogP contribution in [0.25, 0.3) is 0 Å². The van der Waals surface area contributed by atoms with Gasteiger partial charge in [-0.1, -0.05) is 79.4 Å². The van der Waals surface area contributed by atoms with Crippen LogP contribution >= 0.6 is 11.6 Å². The lowest BCUT2D eigenvalue weighted by molar-refractivity contribution is -0.139. The van der Waals surface area contributed by atoms with Gasteiger partial charge in [0.15, 0.2) is 0 Å². The van der Waals surface area contributed by atoms with E-state index in [-0.39, 0.29) is 23.4 Å². The molecule has 3 aromatic rings. The van der Waals surface area contributed by atoms with Crippen molar-refractivity contribution in [3.63, 3.8) is 0 Å². The van der Waals surface area contributed by atoms with E-state index in [4.69, 9.17) is 11.6 Å². The minimum Gasteiger partial charge on any atom is -0.352 e. The second-order valence-corrected chi connectivity index (χ2v) is 13.3. The highest BCUT2D eigenvalue weighted by atomic mass is 35.5. The Labute approximate surface area is 254 Å². The average Bonchev–Trinajstić information content (AvgIpc) is 3.48. The summed E-state index contributed by atoms with van der Waals surface area (Å²) in [6.07, 6.45) is 4.95. The summed E-state index contributed by atoms with van der Waals surface area (Å²) in [4.78, 5) is 29.4. The van der Waals surface area contributed by atoms with Crippen LogP contribution in [0.3, 0.4) is 0 Å². The van der Waals surface area contributed by atoms with Crippen molar-refractivity contribution in [1.82, 2.24) is 10.2 Å². The van der Waals surface area contributed by atoms with E-state index in [9.17, 15) is 18.0 Å². The van der Waals surface area contributed by atoms with E-state index < -0.39 is 28.5 Å². The topological polar surface area (TPSA) is 86.8 Å². The van der Waals surface area contributed by atoms with Crippen molar-refractivity contribution in [2.75, 3.05) is 17.4 Å². The SMILES string of the molecule is CC[C@@H](C(=O)NC1CCCC1)N(CCc1ccccc1)C(=O)CN(c1ccc(Cl)cc1C)S(=O)(=O)c1ccc(C)cc1. The summed E-state index contributed by atoms with van der Waals surface area (Å²) < 4.78 is 29.3. The number of carbonyl (C=O) groups excluding carboxylic acids is 2. The predicted molar refractivity (Wildman–Crippen MR) is 168 cm³/mol. The average molecular weight is 610 g/mol. The zero-order valence-electron chi connectivity index (χ0n) is 24.6. The quantitative estimate of drug-likeness (QED) is 0.270. The summed E-state index contributed by atoms with van der Waals surface area (Å²) in [5.41, 5.74) is 2.93. The van der Waals surface area contributed by atoms with Gasteiger partial charge in [0, 0.05) is 17.6 Å². The number of aryl methyl sites for hydroxylation is 2. The van der Waals surface area contributed by atoms with Gasteiger partial charge in [-0.25, -0.2) is 8.42 Å². The summed E-state index contributed by atoms with van der Waals surface area (Å²) in [6, 6.07) is 20.6. The molecule has 42 heavy (non-hydrogen) atoms. The second-order valence-electron chi connectivity index (χ2n) is 11.0. The van der Waals surface area contributed by atoms with Crippen LogP contribution in [-0.4, -0.2) is 50.3 Å². The molecule has 2 amide bonds. The third kappa shape index (κ3) is 7.72. The van der Waals surface area contributed by atoms with E-state index in [0.717, 1.165) is 41.1 Å². The lowest BCUT2D eigenvalue weighted by Crippen LogP contribution is -2.54. The van der Waals surface area contributed by atoms with Crippen LogP contribution in [0.5, 0.6) is 0 Å². The monoisotopic (exact) mass is 609 g/mol. The second kappa shape index (κ2) is 14.2. The highest BCUT2D eigenvalue weighted by molar-refractivity contribution is 7.92. The molecule has 0 spiro atoms. The number of halogens is 1. The number of nitrogens with one attached hydrogen (secondary N) is 1. The van der Waals surface area contributed by atoms with Crippen LogP contribution in [0.1, 0.15) is 55.7 Å². The maximum atomic E-state index is 14.2. The lowest BCUT2D eigenvalue weighted by Gasteiger charge is -2.34. The van der Waals surface area contributed by atoms with Gasteiger partial charge in [0.25, 0.3) is 10.0 Å². The first-order valence-corrected chi connectivity index (χ1v) is 16.4. The molecule has 1 atom stereocenters. The fourth-order valence-corrected chi connectivity index (χ4v) is 7.22. The standard InChI is InChI=1S/C33H40ClN3O4S/c1-4-30(33(39)35-28-12-8-9-13-28)36(21-20-26-10-6-5-7-11-26)32(38)23-37(31-19-16-27(34)22-25(31)3)42(40,41)29-17-14-24(2)15-18-29/h5-7,10-11,14-19,22,28,30H,4,8-9,12-13,20-21,23H2,1-3H3,(H,35,39)/t30-/m0/s1. The van der Waals surface area contributed by atoms with Gasteiger partial charge in [0.1, 0.15) is 12.6 Å². The number of sulfonamides is 1. The number of amides is 2. The molecule has 0 bridgehead atoms. The van der Waals surface area contributed by atoms with E-state index in [1.165, 1.54) is 0 Å². The summed E-state index contributed by atoms with van der Waals surface area (Å²) in [5, 5.41) is 3.61. The molecule has 0 unspecified atom stereocenters. The number of hydrogen-bond acceptors (Lipinski definition) is 4. The molecule has 4 rings (SSSR count). The van der Waals surface area contributed by atoms with Crippen LogP contribution in [-0.2, 0) is 26.0 Å². The molecule has 1 aliphatic rings. The summed E-state index contributed by atoms with van der Waals surface area (Å²) in [6.45, 7) is 5.34. The van der Waals surface area contributed by atoms with Gasteiger partial charge in [0.2, 0.25) is 11.8 Å². The van der Waals surface area contributed by atoms with Crippen molar-refractivity contribution in [3.8, 4) is 0 Å². The number of anilines is 1. The first-order chi connectivity index (χ1) is 20.1. The largest absolute Gasteiger partial charge is 0.352 e. The van der Waals surface area contributed by atoms with Crippen molar-refractivity contribution in [1.29, 1.82) is 0 Å². The molecular weight excluding hydrogens is 570 g/mol. The molecular formula is C33H40ClN3O4S. The Morgan fingerprint density at radius 2 is 1.64 bits per heavy atom. The molecule has 0 radical (unpaired) electrons. The molecule has 0 aromatic heterocycles. The fraction of sp³-hybridized carbons (Fsp3) is 0.394. The zero-order chi connectivity index (χ0) is 30.3. The smallest absolute Gasteiger partial charge is 0.264 e. The zero-order valence-corrected chi connectivity index (χ0v) is 26.1. The van der Waals surface area contributed by atoms with Crippen molar-refractivity contribution >= 4 is 39.1 Å². The Bertz CT molecular complexity index is 1470. The minimum atomic E-state index is -4.13. The van der Waals surface area contributed by atoms with Gasteiger partial charge in [-0.2, -0.15) is 0 Å². The Morgan fingerprint density at radius 1 is 0.976 bits per heavy atom. The molecule has 0 aliphatic heterocycles. The first kappa shape index (κ1) is 31.6. The molecule has 0 saturated heterocycles. The molecule has 9 heteroatoms. The maximum Gasteiger partial charge on any atom is 0.264 e. The van der Waals surface area contributed by atoms with Gasteiger partial charge >= 0.3 is 0 Å². The van der Waals surface area contributed by atoms with Gasteiger partial charge in [-0.05, 0) is 81.0 Å². The molecule has 7 nitrogen and oxygen atoms in total. The van der Waals surface area contributed by atoms with Gasteiger partial charge in [-0.3, -0.25) is 13.9 Å². The molecule has 1 aliphatic carbocycles. The number of hydrogen-bond donors (Lipinski definition) is 1. The van der Waals surface area contributed by atoms with Gasteiger partial charge in [-0.15, -0.1) is 0 Å². The van der Waals surface area contributed by atoms with Crippen molar-refractivity contribution in [2.24, 2.45) is 0 Å². The van der Waals surface area contributed by atoms with E-state index in [1.807, 2.05) is 44.2 Å². The molecule has 1 saturated carbocycles. The van der Waals surface area contributed by atoms with Gasteiger partial charge < -0.3 is 10.2 Å². The Balaban J connectivity index is 1.70. The number of nitrogens with zero attached hydrogens (tertiary/aromatic N) is 2. The summed E-state index contributed by atoms with van der Waals surface area (Å²) in [7, 11) is -4.13. The van der Waals surface area contributed by atoms with Crippen LogP contribution in [0.15, 0.2) is 77.7 Å². The highest BCUT2D eigenvalue weighted by Gasteiger charge is 2.34. The molecule has 1 N–H and O–H groups in total. The normalized spacial score (nSPS) is 14.4. The van der Waals surface area contributed by atoms with Crippen LogP contribution < -0.4 is 9.62 Å². The van der Waals surface area contributed by atoms with E-state index in [0.29, 0.717) is 29.1 Å². The van der Waals surface area contributed by atoms with Crippen LogP contribution in [0.4, 0.5) is 5.69 Å². The number of carbonyl (C=O) groups is 2.